The fourth-order valence-corrected chi connectivity index (χ4v) is 4.82. The molecule has 0 spiro atoms. The molecule has 0 radical (unpaired) electrons. The summed E-state index contributed by atoms with van der Waals surface area (Å²) in [6, 6.07) is 11.1. The molecule has 0 aliphatic carbocycles. The fourth-order valence-electron chi connectivity index (χ4n) is 4.08. The van der Waals surface area contributed by atoms with Gasteiger partial charge < -0.3 is 10.3 Å². The van der Waals surface area contributed by atoms with Crippen LogP contribution in [0.4, 0.5) is 10.1 Å². The Hall–Kier alpha value is -4.37. The predicted octanol–water partition coefficient (Wildman–Crippen LogP) is 7.01. The first kappa shape index (κ1) is 22.1. The summed E-state index contributed by atoms with van der Waals surface area (Å²) in [6.07, 6.45) is 7.06. The molecule has 6 heterocycles. The average molecular weight is 496 g/mol. The van der Waals surface area contributed by atoms with Crippen molar-refractivity contribution in [3.8, 4) is 33.2 Å². The summed E-state index contributed by atoms with van der Waals surface area (Å²) in [5.41, 5.74) is 7.52. The summed E-state index contributed by atoms with van der Waals surface area (Å²) < 4.78 is 13.7. The van der Waals surface area contributed by atoms with Gasteiger partial charge in [0.1, 0.15) is 5.69 Å². The van der Waals surface area contributed by atoms with Gasteiger partial charge >= 0.3 is 0 Å². The van der Waals surface area contributed by atoms with Crippen LogP contribution in [0.25, 0.3) is 55.0 Å². The Kier molecular flexibility index (Phi) is 5.34. The number of fused-ring (bicyclic) bond motifs is 2. The molecule has 0 aliphatic rings. The van der Waals surface area contributed by atoms with Gasteiger partial charge in [-0.3, -0.25) is 20.1 Å². The van der Waals surface area contributed by atoms with Crippen LogP contribution in [0.5, 0.6) is 0 Å². The average Bonchev–Trinajstić information content (AvgIpc) is 3.61. The second-order valence-corrected chi connectivity index (χ2v) is 9.90. The minimum Gasteiger partial charge on any atom is -0.358 e. The molecule has 0 amide bonds. The smallest absolute Gasteiger partial charge is 0.177 e. The molecule has 0 atom stereocenters. The maximum Gasteiger partial charge on any atom is 0.177 e. The number of hydrogen-bond donors (Lipinski definition) is 3. The van der Waals surface area contributed by atoms with Gasteiger partial charge in [0.25, 0.3) is 0 Å². The van der Waals surface area contributed by atoms with Gasteiger partial charge in [0.2, 0.25) is 0 Å². The van der Waals surface area contributed by atoms with Gasteiger partial charge in [0.15, 0.2) is 5.13 Å². The maximum atomic E-state index is 13.7. The van der Waals surface area contributed by atoms with Crippen LogP contribution in [0.2, 0.25) is 0 Å². The van der Waals surface area contributed by atoms with Crippen LogP contribution in [0.15, 0.2) is 73.5 Å². The van der Waals surface area contributed by atoms with Crippen molar-refractivity contribution in [2.45, 2.75) is 13.8 Å². The number of rotatable bonds is 6. The number of nitrogens with one attached hydrogen (secondary N) is 3. The Balaban J connectivity index is 1.41. The lowest BCUT2D eigenvalue weighted by Gasteiger charge is -2.13. The van der Waals surface area contributed by atoms with Crippen molar-refractivity contribution in [2.24, 2.45) is 5.92 Å². The van der Waals surface area contributed by atoms with Crippen molar-refractivity contribution in [3.05, 3.63) is 78.6 Å². The Morgan fingerprint density at radius 2 is 1.86 bits per heavy atom. The molecule has 178 valence electrons. The third-order valence-electron chi connectivity index (χ3n) is 6.09. The largest absolute Gasteiger partial charge is 0.358 e. The highest BCUT2D eigenvalue weighted by atomic mass is 32.1. The highest BCUT2D eigenvalue weighted by molar-refractivity contribution is 7.13. The number of halogens is 1. The van der Waals surface area contributed by atoms with E-state index in [-0.39, 0.29) is 5.13 Å². The first-order valence-corrected chi connectivity index (χ1v) is 12.3. The Morgan fingerprint density at radius 1 is 1.00 bits per heavy atom. The summed E-state index contributed by atoms with van der Waals surface area (Å²) in [5.74, 6) is 0.308. The van der Waals surface area contributed by atoms with Gasteiger partial charge in [0.05, 0.1) is 45.6 Å². The number of thiophene rings is 1. The predicted molar refractivity (Wildman–Crippen MR) is 143 cm³/mol. The summed E-state index contributed by atoms with van der Waals surface area (Å²) in [7, 11) is 0. The number of nitrogens with zero attached hydrogens (tertiary/aromatic N) is 4. The Labute approximate surface area is 210 Å². The van der Waals surface area contributed by atoms with Crippen LogP contribution in [0.3, 0.4) is 0 Å². The molecule has 6 aromatic heterocycles. The van der Waals surface area contributed by atoms with Crippen LogP contribution in [-0.2, 0) is 0 Å². The van der Waals surface area contributed by atoms with Crippen LogP contribution in [-0.4, -0.2) is 30.1 Å². The molecule has 6 aromatic rings. The van der Waals surface area contributed by atoms with Crippen molar-refractivity contribution >= 4 is 38.8 Å². The van der Waals surface area contributed by atoms with Crippen molar-refractivity contribution < 1.29 is 4.39 Å². The number of anilines is 1. The molecule has 0 fully saturated rings. The van der Waals surface area contributed by atoms with E-state index >= 15 is 0 Å². The monoisotopic (exact) mass is 495 g/mol. The van der Waals surface area contributed by atoms with Gasteiger partial charge in [-0.15, -0.1) is 11.3 Å². The third-order valence-corrected chi connectivity index (χ3v) is 6.97. The molecular weight excluding hydrogens is 473 g/mol. The van der Waals surface area contributed by atoms with Gasteiger partial charge in [-0.05, 0) is 42.3 Å². The number of aromatic amines is 2. The lowest BCUT2D eigenvalue weighted by molar-refractivity contribution is 0.657. The normalized spacial score (nSPS) is 11.6. The van der Waals surface area contributed by atoms with E-state index in [1.165, 1.54) is 6.07 Å². The molecule has 0 saturated heterocycles. The zero-order valence-electron chi connectivity index (χ0n) is 19.6. The molecule has 9 heteroatoms. The number of aromatic nitrogens is 6. The van der Waals surface area contributed by atoms with Crippen molar-refractivity contribution in [1.82, 2.24) is 30.1 Å². The van der Waals surface area contributed by atoms with Crippen LogP contribution in [0.1, 0.15) is 13.8 Å². The lowest BCUT2D eigenvalue weighted by atomic mass is 10.1. The van der Waals surface area contributed by atoms with E-state index in [0.717, 1.165) is 77.7 Å². The second-order valence-electron chi connectivity index (χ2n) is 8.86. The Bertz CT molecular complexity index is 1740. The van der Waals surface area contributed by atoms with Gasteiger partial charge in [-0.2, -0.15) is 9.49 Å². The van der Waals surface area contributed by atoms with Crippen LogP contribution in [0, 0.1) is 11.0 Å². The van der Waals surface area contributed by atoms with Crippen LogP contribution < -0.4 is 5.32 Å². The number of pyridine rings is 3. The molecule has 0 aromatic carbocycles. The zero-order valence-corrected chi connectivity index (χ0v) is 20.4. The molecule has 0 aliphatic heterocycles. The molecule has 0 bridgehead atoms. The van der Waals surface area contributed by atoms with Gasteiger partial charge in [0, 0.05) is 39.9 Å². The van der Waals surface area contributed by atoms with E-state index in [4.69, 9.17) is 0 Å². The highest BCUT2D eigenvalue weighted by Crippen LogP contribution is 2.35. The maximum absolute atomic E-state index is 13.7. The van der Waals surface area contributed by atoms with E-state index in [9.17, 15) is 4.39 Å². The van der Waals surface area contributed by atoms with Crippen LogP contribution >= 0.6 is 11.3 Å². The minimum atomic E-state index is -0.236. The molecule has 0 saturated carbocycles. The van der Waals surface area contributed by atoms with E-state index < -0.39 is 0 Å². The summed E-state index contributed by atoms with van der Waals surface area (Å²) in [5, 5.41) is 12.6. The first-order chi connectivity index (χ1) is 17.5. The van der Waals surface area contributed by atoms with Crippen molar-refractivity contribution in [2.75, 3.05) is 5.32 Å². The molecule has 36 heavy (non-hydrogen) atoms. The van der Waals surface area contributed by atoms with Gasteiger partial charge in [-0.25, -0.2) is 0 Å². The topological polar surface area (TPSA) is 95.2 Å². The summed E-state index contributed by atoms with van der Waals surface area (Å²) in [4.78, 5) is 17.7. The molecule has 3 N–H and O–H groups in total. The number of hydrogen-bond acceptors (Lipinski definition) is 6. The molecular formula is C27H22FN7S. The minimum absolute atomic E-state index is 0.236. The lowest BCUT2D eigenvalue weighted by Crippen LogP contribution is -2.04. The summed E-state index contributed by atoms with van der Waals surface area (Å²) >= 11 is 1.08. The number of allylic oxidation sites excluding steroid dienone is 1. The van der Waals surface area contributed by atoms with E-state index in [1.807, 2.05) is 24.3 Å². The SMILES string of the molecule is C=C(Nc1cncc(-c2cc3c(-c4cc5c(-c6ccc(F)s6)nccc5[nH]4)n[nH]c3cn2)c1)C(C)C. The fraction of sp³-hybridized carbons (Fsp3) is 0.111. The van der Waals surface area contributed by atoms with Gasteiger partial charge in [-0.1, -0.05) is 20.4 Å². The van der Waals surface area contributed by atoms with E-state index in [2.05, 4.69) is 55.9 Å². The quantitative estimate of drug-likeness (QED) is 0.231. The second kappa shape index (κ2) is 8.69. The van der Waals surface area contributed by atoms with Crippen molar-refractivity contribution in [3.63, 3.8) is 0 Å². The van der Waals surface area contributed by atoms with Crippen molar-refractivity contribution in [1.29, 1.82) is 0 Å². The molecule has 0 unspecified atom stereocenters. The first-order valence-electron chi connectivity index (χ1n) is 11.5. The molecule has 6 rings (SSSR count). The zero-order chi connectivity index (χ0) is 24.8. The number of H-pyrrole nitrogens is 2. The highest BCUT2D eigenvalue weighted by Gasteiger charge is 2.16. The van der Waals surface area contributed by atoms with E-state index in [0.29, 0.717) is 5.92 Å². The summed E-state index contributed by atoms with van der Waals surface area (Å²) in [6.45, 7) is 8.26. The Morgan fingerprint density at radius 3 is 2.67 bits per heavy atom. The standard InChI is InChI=1S/C27H22FN7S/c1-14(2)15(3)32-17-8-16(11-29-12-17)21-9-19-23(13-31-21)34-35-26(19)22-10-18-20(33-22)6-7-30-27(18)24-4-5-25(28)36-24/h4-14,32-33H,3H2,1-2H3,(H,34,35). The molecule has 7 nitrogen and oxygen atoms in total. The van der Waals surface area contributed by atoms with E-state index in [1.54, 1.807) is 30.9 Å². The third kappa shape index (κ3) is 3.93.